The van der Waals surface area contributed by atoms with Crippen molar-refractivity contribution in [3.05, 3.63) is 22.9 Å². The Morgan fingerprint density at radius 2 is 2.18 bits per heavy atom. The van der Waals surface area contributed by atoms with E-state index in [1.165, 1.54) is 0 Å². The molecule has 0 saturated heterocycles. The first-order valence-electron chi connectivity index (χ1n) is 5.77. The van der Waals surface area contributed by atoms with Gasteiger partial charge in [-0.1, -0.05) is 0 Å². The number of aryl methyl sites for hydroxylation is 2. The van der Waals surface area contributed by atoms with E-state index in [4.69, 9.17) is 10.00 Å². The zero-order valence-electron chi connectivity index (χ0n) is 10.9. The molecule has 0 aliphatic heterocycles. The zero-order valence-corrected chi connectivity index (χ0v) is 10.9. The summed E-state index contributed by atoms with van der Waals surface area (Å²) in [5.41, 5.74) is 2.55. The predicted octanol–water partition coefficient (Wildman–Crippen LogP) is 2.04. The van der Waals surface area contributed by atoms with E-state index in [0.717, 1.165) is 23.6 Å². The number of rotatable bonds is 5. The van der Waals surface area contributed by atoms with Crippen LogP contribution in [-0.4, -0.2) is 31.8 Å². The molecule has 17 heavy (non-hydrogen) atoms. The quantitative estimate of drug-likeness (QED) is 0.730. The van der Waals surface area contributed by atoms with Crippen molar-refractivity contribution in [2.45, 2.75) is 20.8 Å². The number of ether oxygens (including phenoxy) is 1. The highest BCUT2D eigenvalue weighted by atomic mass is 16.5. The second kappa shape index (κ2) is 6.21. The summed E-state index contributed by atoms with van der Waals surface area (Å²) < 4.78 is 5.31. The van der Waals surface area contributed by atoms with Gasteiger partial charge in [0.2, 0.25) is 0 Å². The molecular formula is C13H19N3O. The number of hydrogen-bond acceptors (Lipinski definition) is 4. The maximum absolute atomic E-state index is 9.16. The van der Waals surface area contributed by atoms with Gasteiger partial charge in [-0.15, -0.1) is 0 Å². The summed E-state index contributed by atoms with van der Waals surface area (Å²) in [7, 11) is 1.93. The third-order valence-corrected chi connectivity index (χ3v) is 2.57. The Labute approximate surface area is 103 Å². The molecular weight excluding hydrogens is 214 g/mol. The normalized spacial score (nSPS) is 10.1. The Morgan fingerprint density at radius 3 is 2.76 bits per heavy atom. The van der Waals surface area contributed by atoms with E-state index in [1.54, 1.807) is 0 Å². The molecule has 0 unspecified atom stereocenters. The van der Waals surface area contributed by atoms with E-state index in [9.17, 15) is 0 Å². The van der Waals surface area contributed by atoms with Crippen LogP contribution >= 0.6 is 0 Å². The van der Waals surface area contributed by atoms with Crippen LogP contribution in [0.4, 0.5) is 5.82 Å². The number of hydrogen-bond donors (Lipinski definition) is 0. The van der Waals surface area contributed by atoms with Gasteiger partial charge in [0.1, 0.15) is 11.9 Å². The maximum atomic E-state index is 9.16. The van der Waals surface area contributed by atoms with Gasteiger partial charge >= 0.3 is 0 Å². The van der Waals surface area contributed by atoms with Crippen LogP contribution in [0, 0.1) is 25.2 Å². The van der Waals surface area contributed by atoms with Gasteiger partial charge in [0.05, 0.1) is 12.2 Å². The molecule has 1 aromatic rings. The molecule has 92 valence electrons. The van der Waals surface area contributed by atoms with Crippen LogP contribution in [0.2, 0.25) is 0 Å². The van der Waals surface area contributed by atoms with Crippen molar-refractivity contribution in [3.63, 3.8) is 0 Å². The molecule has 0 N–H and O–H groups in total. The summed E-state index contributed by atoms with van der Waals surface area (Å²) in [4.78, 5) is 6.40. The summed E-state index contributed by atoms with van der Waals surface area (Å²) >= 11 is 0. The average Bonchev–Trinajstić information content (AvgIpc) is 2.28. The molecule has 1 heterocycles. The van der Waals surface area contributed by atoms with Gasteiger partial charge in [0.15, 0.2) is 0 Å². The highest BCUT2D eigenvalue weighted by Crippen LogP contribution is 2.20. The average molecular weight is 233 g/mol. The minimum Gasteiger partial charge on any atom is -0.380 e. The van der Waals surface area contributed by atoms with E-state index in [1.807, 2.05) is 38.8 Å². The van der Waals surface area contributed by atoms with Crippen LogP contribution < -0.4 is 4.90 Å². The Morgan fingerprint density at radius 1 is 1.47 bits per heavy atom. The van der Waals surface area contributed by atoms with Crippen molar-refractivity contribution in [3.8, 4) is 6.07 Å². The SMILES string of the molecule is CCOCCN(C)c1nc(C)cc(C)c1C#N. The number of nitriles is 1. The Kier molecular flexibility index (Phi) is 4.92. The Bertz CT molecular complexity index is 423. The lowest BCUT2D eigenvalue weighted by molar-refractivity contribution is 0.154. The van der Waals surface area contributed by atoms with Crippen molar-refractivity contribution >= 4 is 5.82 Å². The third kappa shape index (κ3) is 3.43. The van der Waals surface area contributed by atoms with Gasteiger partial charge < -0.3 is 9.64 Å². The smallest absolute Gasteiger partial charge is 0.146 e. The van der Waals surface area contributed by atoms with Crippen LogP contribution in [0.3, 0.4) is 0 Å². The molecule has 0 amide bonds. The highest BCUT2D eigenvalue weighted by Gasteiger charge is 2.12. The number of nitrogens with zero attached hydrogens (tertiary/aromatic N) is 3. The van der Waals surface area contributed by atoms with E-state index >= 15 is 0 Å². The third-order valence-electron chi connectivity index (χ3n) is 2.57. The first-order chi connectivity index (χ1) is 8.10. The lowest BCUT2D eigenvalue weighted by Crippen LogP contribution is -2.25. The van der Waals surface area contributed by atoms with Crippen LogP contribution in [-0.2, 0) is 4.74 Å². The number of likely N-dealkylation sites (N-methyl/N-ethyl adjacent to an activating group) is 1. The van der Waals surface area contributed by atoms with Crippen molar-refractivity contribution in [2.24, 2.45) is 0 Å². The fourth-order valence-corrected chi connectivity index (χ4v) is 1.68. The lowest BCUT2D eigenvalue weighted by Gasteiger charge is -2.20. The molecule has 0 bridgehead atoms. The minimum atomic E-state index is 0.645. The lowest BCUT2D eigenvalue weighted by atomic mass is 10.1. The largest absolute Gasteiger partial charge is 0.380 e. The fraction of sp³-hybridized carbons (Fsp3) is 0.538. The van der Waals surface area contributed by atoms with Crippen LogP contribution in [0.15, 0.2) is 6.07 Å². The Balaban J connectivity index is 2.92. The van der Waals surface area contributed by atoms with Gasteiger partial charge in [-0.3, -0.25) is 0 Å². The van der Waals surface area contributed by atoms with Crippen molar-refractivity contribution in [1.29, 1.82) is 5.26 Å². The van der Waals surface area contributed by atoms with E-state index in [2.05, 4.69) is 11.1 Å². The summed E-state index contributed by atoms with van der Waals surface area (Å²) in [5.74, 6) is 0.740. The monoisotopic (exact) mass is 233 g/mol. The molecule has 4 nitrogen and oxygen atoms in total. The predicted molar refractivity (Wildman–Crippen MR) is 68.2 cm³/mol. The van der Waals surface area contributed by atoms with E-state index in [-0.39, 0.29) is 0 Å². The molecule has 1 rings (SSSR count). The van der Waals surface area contributed by atoms with Gasteiger partial charge in [0.25, 0.3) is 0 Å². The van der Waals surface area contributed by atoms with Crippen LogP contribution in [0.1, 0.15) is 23.7 Å². The molecule has 0 spiro atoms. The number of aromatic nitrogens is 1. The highest BCUT2D eigenvalue weighted by molar-refractivity contribution is 5.57. The first-order valence-corrected chi connectivity index (χ1v) is 5.77. The summed E-state index contributed by atoms with van der Waals surface area (Å²) in [6.07, 6.45) is 0. The summed E-state index contributed by atoms with van der Waals surface area (Å²) in [6, 6.07) is 4.15. The van der Waals surface area contributed by atoms with Crippen molar-refractivity contribution in [1.82, 2.24) is 4.98 Å². The maximum Gasteiger partial charge on any atom is 0.146 e. The van der Waals surface area contributed by atoms with E-state index < -0.39 is 0 Å². The summed E-state index contributed by atoms with van der Waals surface area (Å²) in [5, 5.41) is 9.16. The molecule has 0 atom stereocenters. The van der Waals surface area contributed by atoms with Gasteiger partial charge in [-0.25, -0.2) is 4.98 Å². The van der Waals surface area contributed by atoms with Gasteiger partial charge in [0, 0.05) is 25.9 Å². The second-order valence-electron chi connectivity index (χ2n) is 4.01. The molecule has 0 saturated carbocycles. The Hall–Kier alpha value is -1.60. The van der Waals surface area contributed by atoms with Gasteiger partial charge in [-0.2, -0.15) is 5.26 Å². The second-order valence-corrected chi connectivity index (χ2v) is 4.01. The topological polar surface area (TPSA) is 49.1 Å². The first kappa shape index (κ1) is 13.5. The molecule has 0 aromatic carbocycles. The van der Waals surface area contributed by atoms with Crippen molar-refractivity contribution in [2.75, 3.05) is 31.7 Å². The number of pyridine rings is 1. The molecule has 0 aliphatic rings. The van der Waals surface area contributed by atoms with Gasteiger partial charge in [-0.05, 0) is 32.4 Å². The minimum absolute atomic E-state index is 0.645. The van der Waals surface area contributed by atoms with E-state index in [0.29, 0.717) is 18.8 Å². The van der Waals surface area contributed by atoms with Crippen LogP contribution in [0.5, 0.6) is 0 Å². The fourth-order valence-electron chi connectivity index (χ4n) is 1.68. The van der Waals surface area contributed by atoms with Crippen LogP contribution in [0.25, 0.3) is 0 Å². The molecule has 0 radical (unpaired) electrons. The molecule has 0 aliphatic carbocycles. The molecule has 0 fully saturated rings. The van der Waals surface area contributed by atoms with Crippen molar-refractivity contribution < 1.29 is 4.74 Å². The molecule has 4 heteroatoms. The number of anilines is 1. The zero-order chi connectivity index (χ0) is 12.8. The standard InChI is InChI=1S/C13H19N3O/c1-5-17-7-6-16(4)13-12(9-14)10(2)8-11(3)15-13/h8H,5-7H2,1-4H3. The summed E-state index contributed by atoms with van der Waals surface area (Å²) in [6.45, 7) is 7.93. The molecule has 1 aromatic heterocycles.